The monoisotopic (exact) mass is 303 g/mol. The summed E-state index contributed by atoms with van der Waals surface area (Å²) in [4.78, 5) is 12.3. The van der Waals surface area contributed by atoms with Gasteiger partial charge in [-0.15, -0.1) is 11.3 Å². The van der Waals surface area contributed by atoms with E-state index in [0.29, 0.717) is 28.4 Å². The molecule has 0 saturated carbocycles. The van der Waals surface area contributed by atoms with E-state index in [1.807, 2.05) is 14.0 Å². The van der Waals surface area contributed by atoms with Gasteiger partial charge >= 0.3 is 0 Å². The minimum Gasteiger partial charge on any atom is -0.396 e. The summed E-state index contributed by atoms with van der Waals surface area (Å²) in [7, 11) is 1.88. The molecular weight excluding hydrogens is 286 g/mol. The molecule has 0 saturated heterocycles. The van der Waals surface area contributed by atoms with Crippen molar-refractivity contribution in [2.45, 2.75) is 26.8 Å². The zero-order valence-corrected chi connectivity index (χ0v) is 13.0. The second kappa shape index (κ2) is 5.97. The molecule has 6 nitrogen and oxygen atoms in total. The molecule has 0 fully saturated rings. The molecule has 2 heterocycles. The summed E-state index contributed by atoms with van der Waals surface area (Å²) in [5, 5.41) is 17.2. The number of carbonyl (C=O) groups is 1. The van der Waals surface area contributed by atoms with Crippen LogP contribution in [-0.2, 0) is 13.6 Å². The quantitative estimate of drug-likeness (QED) is 0.827. The van der Waals surface area contributed by atoms with Crippen molar-refractivity contribution >= 4 is 27.8 Å². The number of aryl methyl sites for hydroxylation is 1. The van der Waals surface area contributed by atoms with E-state index in [4.69, 9.17) is 5.73 Å². The molecule has 2 rings (SSSR count). The summed E-state index contributed by atoms with van der Waals surface area (Å²) in [5.74, 6) is -0.0420. The van der Waals surface area contributed by atoms with Crippen LogP contribution < -0.4 is 11.1 Å². The number of thiophene rings is 1. The fraction of sp³-hybridized carbons (Fsp3) is 0.357. The standard InChI is InChI=1S/C14H17N5OS/c1-4-11(20)13-12(16)10(5-15)14(21-13)17-6-9-7-18-19(3)8(9)2/h7,17H,4,6,16H2,1-3H3. The Morgan fingerprint density at radius 1 is 1.62 bits per heavy atom. The lowest BCUT2D eigenvalue weighted by Gasteiger charge is -2.04. The van der Waals surface area contributed by atoms with Crippen LogP contribution in [0.5, 0.6) is 0 Å². The van der Waals surface area contributed by atoms with Crippen LogP contribution in [-0.4, -0.2) is 15.6 Å². The minimum atomic E-state index is -0.0420. The molecule has 0 aromatic carbocycles. The number of rotatable bonds is 5. The van der Waals surface area contributed by atoms with Gasteiger partial charge in [-0.25, -0.2) is 0 Å². The molecule has 0 aliphatic heterocycles. The number of carbonyl (C=O) groups excluding carboxylic acids is 1. The first-order valence-corrected chi connectivity index (χ1v) is 7.38. The minimum absolute atomic E-state index is 0.0420. The number of hydrogen-bond donors (Lipinski definition) is 2. The van der Waals surface area contributed by atoms with Crippen LogP contribution in [0, 0.1) is 18.3 Å². The SMILES string of the molecule is CCC(=O)c1sc(NCc2cnn(C)c2C)c(C#N)c1N. The third kappa shape index (κ3) is 2.76. The molecule has 2 aromatic heterocycles. The van der Waals surface area contributed by atoms with Crippen molar-refractivity contribution in [2.24, 2.45) is 7.05 Å². The average Bonchev–Trinajstić information content (AvgIpc) is 2.97. The zero-order valence-electron chi connectivity index (χ0n) is 12.2. The highest BCUT2D eigenvalue weighted by atomic mass is 32.1. The third-order valence-corrected chi connectivity index (χ3v) is 4.61. The maximum absolute atomic E-state index is 11.8. The van der Waals surface area contributed by atoms with Crippen LogP contribution in [0.1, 0.15) is 39.8 Å². The second-order valence-corrected chi connectivity index (χ2v) is 5.69. The van der Waals surface area contributed by atoms with E-state index in [0.717, 1.165) is 11.3 Å². The van der Waals surface area contributed by atoms with Gasteiger partial charge in [0, 0.05) is 31.3 Å². The highest BCUT2D eigenvalue weighted by molar-refractivity contribution is 7.19. The number of nitrogen functional groups attached to an aromatic ring is 1. The summed E-state index contributed by atoms with van der Waals surface area (Å²) in [6.45, 7) is 4.29. The predicted octanol–water partition coefficient (Wildman–Crippen LogP) is 2.45. The van der Waals surface area contributed by atoms with E-state index >= 15 is 0 Å². The van der Waals surface area contributed by atoms with Gasteiger partial charge < -0.3 is 11.1 Å². The fourth-order valence-corrected chi connectivity index (χ4v) is 3.02. The highest BCUT2D eigenvalue weighted by Gasteiger charge is 2.20. The van der Waals surface area contributed by atoms with Crippen LogP contribution in [0.2, 0.25) is 0 Å². The molecule has 0 radical (unpaired) electrons. The molecule has 21 heavy (non-hydrogen) atoms. The summed E-state index contributed by atoms with van der Waals surface area (Å²) >= 11 is 1.24. The van der Waals surface area contributed by atoms with Crippen molar-refractivity contribution in [2.75, 3.05) is 11.1 Å². The van der Waals surface area contributed by atoms with Gasteiger partial charge in [-0.2, -0.15) is 10.4 Å². The Kier molecular flexibility index (Phi) is 4.29. The number of nitrogens with two attached hydrogens (primary N) is 1. The summed E-state index contributed by atoms with van der Waals surface area (Å²) < 4.78 is 1.79. The molecule has 0 aliphatic carbocycles. The largest absolute Gasteiger partial charge is 0.396 e. The lowest BCUT2D eigenvalue weighted by Crippen LogP contribution is -2.01. The topological polar surface area (TPSA) is 96.7 Å². The molecule has 0 unspecified atom stereocenters. The first kappa shape index (κ1) is 15.1. The van der Waals surface area contributed by atoms with E-state index in [9.17, 15) is 10.1 Å². The number of nitrogens with zero attached hydrogens (tertiary/aromatic N) is 3. The second-order valence-electron chi connectivity index (χ2n) is 4.67. The summed E-state index contributed by atoms with van der Waals surface area (Å²) in [5.41, 5.74) is 8.62. The van der Waals surface area contributed by atoms with E-state index in [2.05, 4.69) is 16.5 Å². The molecule has 0 amide bonds. The smallest absolute Gasteiger partial charge is 0.174 e. The molecule has 0 spiro atoms. The number of aromatic nitrogens is 2. The van der Waals surface area contributed by atoms with Gasteiger partial charge in [0.1, 0.15) is 16.6 Å². The Bertz CT molecular complexity index is 723. The van der Waals surface area contributed by atoms with Gasteiger partial charge in [0.25, 0.3) is 0 Å². The third-order valence-electron chi connectivity index (χ3n) is 3.41. The van der Waals surface area contributed by atoms with Crippen LogP contribution in [0.3, 0.4) is 0 Å². The Balaban J connectivity index is 2.26. The number of hydrogen-bond acceptors (Lipinski definition) is 6. The van der Waals surface area contributed by atoms with E-state index in [-0.39, 0.29) is 11.5 Å². The van der Waals surface area contributed by atoms with Crippen molar-refractivity contribution in [3.63, 3.8) is 0 Å². The number of nitrogens with one attached hydrogen (secondary N) is 1. The first-order valence-electron chi connectivity index (χ1n) is 6.56. The van der Waals surface area contributed by atoms with Crippen molar-refractivity contribution in [1.82, 2.24) is 9.78 Å². The Hall–Kier alpha value is -2.33. The van der Waals surface area contributed by atoms with E-state index in [1.165, 1.54) is 11.3 Å². The predicted molar refractivity (Wildman–Crippen MR) is 83.3 cm³/mol. The van der Waals surface area contributed by atoms with Crippen LogP contribution >= 0.6 is 11.3 Å². The average molecular weight is 303 g/mol. The van der Waals surface area contributed by atoms with Gasteiger partial charge in [0.15, 0.2) is 5.78 Å². The van der Waals surface area contributed by atoms with Gasteiger partial charge in [-0.05, 0) is 6.92 Å². The first-order chi connectivity index (χ1) is 9.99. The van der Waals surface area contributed by atoms with Crippen molar-refractivity contribution in [3.8, 4) is 6.07 Å². The Labute approximate surface area is 127 Å². The molecule has 0 atom stereocenters. The Morgan fingerprint density at radius 2 is 2.33 bits per heavy atom. The van der Waals surface area contributed by atoms with Gasteiger partial charge in [-0.3, -0.25) is 9.48 Å². The number of Topliss-reactive ketones (excluding diaryl/α,β-unsaturated/α-hetero) is 1. The molecule has 110 valence electrons. The molecule has 0 aliphatic rings. The normalized spacial score (nSPS) is 10.4. The summed E-state index contributed by atoms with van der Waals surface area (Å²) in [6.07, 6.45) is 2.15. The van der Waals surface area contributed by atoms with Crippen LogP contribution in [0.4, 0.5) is 10.7 Å². The Morgan fingerprint density at radius 3 is 2.86 bits per heavy atom. The summed E-state index contributed by atoms with van der Waals surface area (Å²) in [6, 6.07) is 2.07. The number of ketones is 1. The fourth-order valence-electron chi connectivity index (χ4n) is 1.94. The van der Waals surface area contributed by atoms with Crippen molar-refractivity contribution in [3.05, 3.63) is 27.9 Å². The maximum atomic E-state index is 11.8. The van der Waals surface area contributed by atoms with Crippen LogP contribution in [0.25, 0.3) is 0 Å². The van der Waals surface area contributed by atoms with Crippen molar-refractivity contribution < 1.29 is 4.79 Å². The van der Waals surface area contributed by atoms with Crippen molar-refractivity contribution in [1.29, 1.82) is 5.26 Å². The van der Waals surface area contributed by atoms with Gasteiger partial charge in [0.05, 0.1) is 16.8 Å². The molecule has 3 N–H and O–H groups in total. The maximum Gasteiger partial charge on any atom is 0.174 e. The molecule has 7 heteroatoms. The highest BCUT2D eigenvalue weighted by Crippen LogP contribution is 2.36. The molecular formula is C14H17N5OS. The van der Waals surface area contributed by atoms with Crippen LogP contribution in [0.15, 0.2) is 6.20 Å². The number of anilines is 2. The lowest BCUT2D eigenvalue weighted by atomic mass is 10.2. The zero-order chi connectivity index (χ0) is 15.6. The van der Waals surface area contributed by atoms with E-state index in [1.54, 1.807) is 17.8 Å². The van der Waals surface area contributed by atoms with Gasteiger partial charge in [0.2, 0.25) is 0 Å². The molecule has 2 aromatic rings. The van der Waals surface area contributed by atoms with Gasteiger partial charge in [-0.1, -0.05) is 6.92 Å². The number of nitriles is 1. The molecule has 0 bridgehead atoms. The lowest BCUT2D eigenvalue weighted by molar-refractivity contribution is 0.0993. The van der Waals surface area contributed by atoms with E-state index < -0.39 is 0 Å².